The lowest BCUT2D eigenvalue weighted by Gasteiger charge is -2.09. The standard InChI is InChI=1S/C8H11N3O2/c1-11(2)7(12)6-13-8-9-4-3-5-10-8/h3-5H,6H2,1-2H3. The first-order valence-corrected chi connectivity index (χ1v) is 3.80. The number of aromatic nitrogens is 2. The van der Waals surface area contributed by atoms with Gasteiger partial charge in [0.1, 0.15) is 0 Å². The van der Waals surface area contributed by atoms with Crippen molar-refractivity contribution >= 4 is 5.91 Å². The van der Waals surface area contributed by atoms with Gasteiger partial charge in [-0.05, 0) is 6.07 Å². The highest BCUT2D eigenvalue weighted by atomic mass is 16.5. The number of amides is 1. The average molecular weight is 181 g/mol. The third-order valence-corrected chi connectivity index (χ3v) is 1.37. The van der Waals surface area contributed by atoms with Crippen molar-refractivity contribution in [3.05, 3.63) is 18.5 Å². The van der Waals surface area contributed by atoms with Crippen LogP contribution in [0.15, 0.2) is 18.5 Å². The molecule has 1 heterocycles. The molecule has 0 N–H and O–H groups in total. The van der Waals surface area contributed by atoms with Crippen molar-refractivity contribution in [3.8, 4) is 6.01 Å². The van der Waals surface area contributed by atoms with E-state index in [-0.39, 0.29) is 18.5 Å². The molecule has 1 amide bonds. The van der Waals surface area contributed by atoms with Gasteiger partial charge in [-0.1, -0.05) is 0 Å². The zero-order valence-corrected chi connectivity index (χ0v) is 7.60. The number of ether oxygens (including phenoxy) is 1. The molecule has 0 aliphatic rings. The summed E-state index contributed by atoms with van der Waals surface area (Å²) in [5.41, 5.74) is 0. The Morgan fingerprint density at radius 2 is 2.08 bits per heavy atom. The lowest BCUT2D eigenvalue weighted by Crippen LogP contribution is -2.27. The molecule has 1 rings (SSSR count). The van der Waals surface area contributed by atoms with Crippen LogP contribution in [0.25, 0.3) is 0 Å². The fourth-order valence-corrected chi connectivity index (χ4v) is 0.615. The molecule has 0 spiro atoms. The maximum Gasteiger partial charge on any atom is 0.316 e. The largest absolute Gasteiger partial charge is 0.453 e. The van der Waals surface area contributed by atoms with E-state index < -0.39 is 0 Å². The molecule has 0 atom stereocenters. The summed E-state index contributed by atoms with van der Waals surface area (Å²) in [6.07, 6.45) is 3.12. The number of likely N-dealkylation sites (N-methyl/N-ethyl adjacent to an activating group) is 1. The molecular formula is C8H11N3O2. The van der Waals surface area contributed by atoms with E-state index in [1.54, 1.807) is 32.6 Å². The van der Waals surface area contributed by atoms with Crippen LogP contribution in [0.4, 0.5) is 0 Å². The average Bonchev–Trinajstić information content (AvgIpc) is 2.15. The molecule has 0 saturated carbocycles. The van der Waals surface area contributed by atoms with Gasteiger partial charge in [0.05, 0.1) is 0 Å². The van der Waals surface area contributed by atoms with E-state index in [2.05, 4.69) is 9.97 Å². The van der Waals surface area contributed by atoms with E-state index in [1.165, 1.54) is 4.90 Å². The Balaban J connectivity index is 2.40. The smallest absolute Gasteiger partial charge is 0.316 e. The summed E-state index contributed by atoms with van der Waals surface area (Å²) in [5, 5.41) is 0. The number of nitrogens with zero attached hydrogens (tertiary/aromatic N) is 3. The molecule has 0 aromatic carbocycles. The molecule has 13 heavy (non-hydrogen) atoms. The monoisotopic (exact) mass is 181 g/mol. The first-order chi connectivity index (χ1) is 6.20. The summed E-state index contributed by atoms with van der Waals surface area (Å²) in [5.74, 6) is -0.118. The Bertz CT molecular complexity index is 274. The number of carbonyl (C=O) groups excluding carboxylic acids is 1. The first-order valence-electron chi connectivity index (χ1n) is 3.80. The van der Waals surface area contributed by atoms with Crippen LogP contribution in [0.3, 0.4) is 0 Å². The molecule has 5 nitrogen and oxygen atoms in total. The van der Waals surface area contributed by atoms with Crippen LogP contribution in [0.5, 0.6) is 6.01 Å². The van der Waals surface area contributed by atoms with Crippen LogP contribution in [0.2, 0.25) is 0 Å². The van der Waals surface area contributed by atoms with E-state index in [4.69, 9.17) is 4.74 Å². The maximum atomic E-state index is 11.1. The van der Waals surface area contributed by atoms with Crippen LogP contribution >= 0.6 is 0 Å². The van der Waals surface area contributed by atoms with Gasteiger partial charge in [-0.2, -0.15) is 0 Å². The van der Waals surface area contributed by atoms with Crippen molar-refractivity contribution in [2.24, 2.45) is 0 Å². The summed E-state index contributed by atoms with van der Waals surface area (Å²) >= 11 is 0. The highest BCUT2D eigenvalue weighted by molar-refractivity contribution is 5.76. The number of rotatable bonds is 3. The minimum absolute atomic E-state index is 0.0307. The number of hydrogen-bond donors (Lipinski definition) is 0. The van der Waals surface area contributed by atoms with Crippen molar-refractivity contribution in [3.63, 3.8) is 0 Å². The molecule has 1 aromatic heterocycles. The minimum atomic E-state index is -0.118. The van der Waals surface area contributed by atoms with Gasteiger partial charge in [-0.15, -0.1) is 0 Å². The van der Waals surface area contributed by atoms with Crippen molar-refractivity contribution in [2.45, 2.75) is 0 Å². The molecule has 1 aromatic rings. The minimum Gasteiger partial charge on any atom is -0.453 e. The summed E-state index contributed by atoms with van der Waals surface area (Å²) in [7, 11) is 3.33. The van der Waals surface area contributed by atoms with Crippen molar-refractivity contribution in [2.75, 3.05) is 20.7 Å². The van der Waals surface area contributed by atoms with Gasteiger partial charge in [0.25, 0.3) is 5.91 Å². The molecule has 0 radical (unpaired) electrons. The molecule has 5 heteroatoms. The lowest BCUT2D eigenvalue weighted by atomic mass is 10.6. The summed E-state index contributed by atoms with van der Waals surface area (Å²) in [6.45, 7) is -0.0307. The summed E-state index contributed by atoms with van der Waals surface area (Å²) in [4.78, 5) is 20.1. The van der Waals surface area contributed by atoms with Crippen LogP contribution in [-0.4, -0.2) is 41.5 Å². The first kappa shape index (κ1) is 9.44. The Morgan fingerprint density at radius 1 is 1.46 bits per heavy atom. The van der Waals surface area contributed by atoms with E-state index in [1.807, 2.05) is 0 Å². The third kappa shape index (κ3) is 3.06. The zero-order chi connectivity index (χ0) is 9.68. The summed E-state index contributed by atoms with van der Waals surface area (Å²) < 4.78 is 5.02. The predicted molar refractivity (Wildman–Crippen MR) is 46.2 cm³/mol. The molecule has 0 bridgehead atoms. The molecule has 70 valence electrons. The highest BCUT2D eigenvalue weighted by Crippen LogP contribution is 1.96. The summed E-state index contributed by atoms with van der Waals surface area (Å²) in [6, 6.07) is 1.90. The highest BCUT2D eigenvalue weighted by Gasteiger charge is 2.05. The van der Waals surface area contributed by atoms with Gasteiger partial charge in [-0.25, -0.2) is 9.97 Å². The van der Waals surface area contributed by atoms with Crippen LogP contribution in [-0.2, 0) is 4.79 Å². The zero-order valence-electron chi connectivity index (χ0n) is 7.60. The van der Waals surface area contributed by atoms with E-state index >= 15 is 0 Å². The Morgan fingerprint density at radius 3 is 2.62 bits per heavy atom. The number of hydrogen-bond acceptors (Lipinski definition) is 4. The van der Waals surface area contributed by atoms with Crippen LogP contribution in [0, 0.1) is 0 Å². The van der Waals surface area contributed by atoms with Gasteiger partial charge in [0, 0.05) is 26.5 Å². The third-order valence-electron chi connectivity index (χ3n) is 1.37. The molecule has 0 aliphatic heterocycles. The predicted octanol–water partition coefficient (Wildman–Crippen LogP) is -0.0564. The van der Waals surface area contributed by atoms with E-state index in [0.717, 1.165) is 0 Å². The van der Waals surface area contributed by atoms with Crippen LogP contribution in [0.1, 0.15) is 0 Å². The van der Waals surface area contributed by atoms with Crippen molar-refractivity contribution in [1.82, 2.24) is 14.9 Å². The quantitative estimate of drug-likeness (QED) is 0.655. The molecule has 0 unspecified atom stereocenters. The van der Waals surface area contributed by atoms with Gasteiger partial charge in [-0.3, -0.25) is 4.79 Å². The second kappa shape index (κ2) is 4.39. The second-order valence-corrected chi connectivity index (χ2v) is 2.61. The second-order valence-electron chi connectivity index (χ2n) is 2.61. The topological polar surface area (TPSA) is 55.3 Å². The fraction of sp³-hybridized carbons (Fsp3) is 0.375. The fourth-order valence-electron chi connectivity index (χ4n) is 0.615. The Kier molecular flexibility index (Phi) is 3.19. The van der Waals surface area contributed by atoms with Gasteiger partial charge in [0.15, 0.2) is 6.61 Å². The van der Waals surface area contributed by atoms with Gasteiger partial charge < -0.3 is 9.64 Å². The van der Waals surface area contributed by atoms with Crippen molar-refractivity contribution < 1.29 is 9.53 Å². The van der Waals surface area contributed by atoms with Crippen molar-refractivity contribution in [1.29, 1.82) is 0 Å². The van der Waals surface area contributed by atoms with E-state index in [0.29, 0.717) is 0 Å². The molecule has 0 aliphatic carbocycles. The Labute approximate surface area is 76.4 Å². The normalized spacial score (nSPS) is 9.38. The van der Waals surface area contributed by atoms with Crippen LogP contribution < -0.4 is 4.74 Å². The lowest BCUT2D eigenvalue weighted by molar-refractivity contribution is -0.130. The van der Waals surface area contributed by atoms with Gasteiger partial charge in [0.2, 0.25) is 0 Å². The molecular weight excluding hydrogens is 170 g/mol. The van der Waals surface area contributed by atoms with Gasteiger partial charge >= 0.3 is 6.01 Å². The molecule has 0 saturated heterocycles. The SMILES string of the molecule is CN(C)C(=O)COc1ncccn1. The maximum absolute atomic E-state index is 11.1. The number of carbonyl (C=O) groups is 1. The Hall–Kier alpha value is -1.65. The van der Waals surface area contributed by atoms with E-state index in [9.17, 15) is 4.79 Å². The molecule has 0 fully saturated rings.